The Labute approximate surface area is 199 Å². The topological polar surface area (TPSA) is 113 Å². The molecule has 9 heteroatoms. The van der Waals surface area contributed by atoms with Crippen LogP contribution in [0, 0.1) is 20.8 Å². The van der Waals surface area contributed by atoms with Crippen molar-refractivity contribution in [2.45, 2.75) is 46.1 Å². The second kappa shape index (κ2) is 10.4. The normalized spacial score (nSPS) is 15.3. The third-order valence-electron chi connectivity index (χ3n) is 5.68. The smallest absolute Gasteiger partial charge is 0.275 e. The number of aromatic nitrogens is 4. The van der Waals surface area contributed by atoms with Gasteiger partial charge in [0.1, 0.15) is 11.5 Å². The summed E-state index contributed by atoms with van der Waals surface area (Å²) in [5, 5.41) is 5.92. The quantitative estimate of drug-likeness (QED) is 0.555. The van der Waals surface area contributed by atoms with E-state index in [4.69, 9.17) is 0 Å². The minimum absolute atomic E-state index is 0.0416. The number of likely N-dealkylation sites (tertiary alicyclic amines) is 1. The molecule has 0 spiro atoms. The van der Waals surface area contributed by atoms with Gasteiger partial charge in [0.2, 0.25) is 11.9 Å². The average Bonchev–Trinajstić information content (AvgIpc) is 3.30. The summed E-state index contributed by atoms with van der Waals surface area (Å²) in [7, 11) is 0. The third-order valence-corrected chi connectivity index (χ3v) is 5.68. The SMILES string of the molecule is Cc1ccc(NC(=O)c2cccc(C3CCCN3C(=O)CCNc3nc(C)cc(C)n3)n2)nc1. The first-order chi connectivity index (χ1) is 16.4. The average molecular weight is 460 g/mol. The summed E-state index contributed by atoms with van der Waals surface area (Å²) in [4.78, 5) is 45.0. The molecule has 0 radical (unpaired) electrons. The lowest BCUT2D eigenvalue weighted by molar-refractivity contribution is -0.131. The molecule has 3 aromatic heterocycles. The van der Waals surface area contributed by atoms with Gasteiger partial charge in [0, 0.05) is 37.1 Å². The predicted octanol–water partition coefficient (Wildman–Crippen LogP) is 3.61. The Kier molecular flexibility index (Phi) is 7.10. The van der Waals surface area contributed by atoms with Gasteiger partial charge < -0.3 is 15.5 Å². The standard InChI is InChI=1S/C25H29N7O2/c1-16-9-10-22(27-15-16)31-24(34)20-7-4-6-19(30-20)21-8-5-13-32(21)23(33)11-12-26-25-28-17(2)14-18(3)29-25/h4,6-7,9-10,14-15,21H,5,8,11-13H2,1-3H3,(H,26,28,29)(H,27,31,34). The molecule has 0 aromatic carbocycles. The van der Waals surface area contributed by atoms with Crippen molar-refractivity contribution in [2.24, 2.45) is 0 Å². The fraction of sp³-hybridized carbons (Fsp3) is 0.360. The van der Waals surface area contributed by atoms with Crippen LogP contribution in [0.5, 0.6) is 0 Å². The van der Waals surface area contributed by atoms with Crippen LogP contribution in [0.15, 0.2) is 42.6 Å². The van der Waals surface area contributed by atoms with Crippen LogP contribution in [0.25, 0.3) is 0 Å². The molecule has 1 fully saturated rings. The zero-order chi connectivity index (χ0) is 24.1. The molecule has 1 saturated heterocycles. The van der Waals surface area contributed by atoms with Gasteiger partial charge in [-0.1, -0.05) is 12.1 Å². The van der Waals surface area contributed by atoms with Crippen molar-refractivity contribution in [2.75, 3.05) is 23.7 Å². The van der Waals surface area contributed by atoms with Gasteiger partial charge in [0.25, 0.3) is 5.91 Å². The fourth-order valence-electron chi connectivity index (χ4n) is 4.09. The first-order valence-corrected chi connectivity index (χ1v) is 11.5. The number of rotatable bonds is 7. The lowest BCUT2D eigenvalue weighted by atomic mass is 10.1. The van der Waals surface area contributed by atoms with Gasteiger partial charge in [-0.15, -0.1) is 0 Å². The maximum absolute atomic E-state index is 13.0. The molecule has 176 valence electrons. The minimum atomic E-state index is -0.327. The highest BCUT2D eigenvalue weighted by atomic mass is 16.2. The van der Waals surface area contributed by atoms with E-state index in [9.17, 15) is 9.59 Å². The van der Waals surface area contributed by atoms with Crippen LogP contribution in [0.2, 0.25) is 0 Å². The van der Waals surface area contributed by atoms with Crippen LogP contribution in [0.1, 0.15) is 58.4 Å². The Balaban J connectivity index is 1.38. The maximum Gasteiger partial charge on any atom is 0.275 e. The summed E-state index contributed by atoms with van der Waals surface area (Å²) in [5.41, 5.74) is 3.80. The first-order valence-electron chi connectivity index (χ1n) is 11.5. The van der Waals surface area contributed by atoms with Crippen molar-refractivity contribution in [3.05, 3.63) is 70.9 Å². The second-order valence-corrected chi connectivity index (χ2v) is 8.52. The summed E-state index contributed by atoms with van der Waals surface area (Å²) in [6, 6.07) is 10.8. The molecule has 1 unspecified atom stereocenters. The Morgan fingerprint density at radius 2 is 1.85 bits per heavy atom. The fourth-order valence-corrected chi connectivity index (χ4v) is 4.09. The van der Waals surface area contributed by atoms with Gasteiger partial charge in [0.05, 0.1) is 11.7 Å². The largest absolute Gasteiger partial charge is 0.354 e. The number of carbonyl (C=O) groups excluding carboxylic acids is 2. The van der Waals surface area contributed by atoms with Crippen LogP contribution in [0.3, 0.4) is 0 Å². The summed E-state index contributed by atoms with van der Waals surface area (Å²) in [6.07, 6.45) is 3.74. The first kappa shape index (κ1) is 23.3. The van der Waals surface area contributed by atoms with Gasteiger partial charge in [-0.3, -0.25) is 9.59 Å². The van der Waals surface area contributed by atoms with Crippen LogP contribution in [0.4, 0.5) is 11.8 Å². The number of hydrogen-bond acceptors (Lipinski definition) is 7. The van der Waals surface area contributed by atoms with Gasteiger partial charge in [-0.2, -0.15) is 0 Å². The van der Waals surface area contributed by atoms with E-state index >= 15 is 0 Å². The highest BCUT2D eigenvalue weighted by molar-refractivity contribution is 6.02. The summed E-state index contributed by atoms with van der Waals surface area (Å²) in [5.74, 6) is 0.721. The van der Waals surface area contributed by atoms with E-state index in [-0.39, 0.29) is 17.9 Å². The van der Waals surface area contributed by atoms with Crippen molar-refractivity contribution in [1.82, 2.24) is 24.8 Å². The highest BCUT2D eigenvalue weighted by Gasteiger charge is 2.31. The van der Waals surface area contributed by atoms with E-state index < -0.39 is 0 Å². The molecular formula is C25H29N7O2. The molecule has 3 aromatic rings. The minimum Gasteiger partial charge on any atom is -0.354 e. The highest BCUT2D eigenvalue weighted by Crippen LogP contribution is 2.31. The van der Waals surface area contributed by atoms with Gasteiger partial charge >= 0.3 is 0 Å². The second-order valence-electron chi connectivity index (χ2n) is 8.52. The molecule has 0 saturated carbocycles. The lowest BCUT2D eigenvalue weighted by Crippen LogP contribution is -2.32. The molecule has 9 nitrogen and oxygen atoms in total. The number of amides is 2. The molecule has 2 amide bonds. The number of pyridine rings is 2. The number of hydrogen-bond donors (Lipinski definition) is 2. The molecular weight excluding hydrogens is 430 g/mol. The molecule has 4 rings (SSSR count). The van der Waals surface area contributed by atoms with E-state index in [0.29, 0.717) is 37.0 Å². The van der Waals surface area contributed by atoms with Gasteiger partial charge in [0.15, 0.2) is 0 Å². The van der Waals surface area contributed by atoms with Gasteiger partial charge in [-0.05, 0) is 63.4 Å². The van der Waals surface area contributed by atoms with Crippen molar-refractivity contribution >= 4 is 23.6 Å². The van der Waals surface area contributed by atoms with Crippen molar-refractivity contribution in [3.63, 3.8) is 0 Å². The molecule has 1 aliphatic rings. The zero-order valence-corrected chi connectivity index (χ0v) is 19.7. The predicted molar refractivity (Wildman–Crippen MR) is 129 cm³/mol. The van der Waals surface area contributed by atoms with Crippen LogP contribution in [-0.4, -0.2) is 49.7 Å². The summed E-state index contributed by atoms with van der Waals surface area (Å²) < 4.78 is 0. The van der Waals surface area contributed by atoms with Crippen molar-refractivity contribution in [3.8, 4) is 0 Å². The number of nitrogens with zero attached hydrogens (tertiary/aromatic N) is 5. The molecule has 0 bridgehead atoms. The monoisotopic (exact) mass is 459 g/mol. The number of aryl methyl sites for hydroxylation is 3. The summed E-state index contributed by atoms with van der Waals surface area (Å²) >= 11 is 0. The van der Waals surface area contributed by atoms with Crippen LogP contribution in [-0.2, 0) is 4.79 Å². The molecule has 0 aliphatic carbocycles. The lowest BCUT2D eigenvalue weighted by Gasteiger charge is -2.24. The molecule has 1 atom stereocenters. The number of carbonyl (C=O) groups is 2. The van der Waals surface area contributed by atoms with E-state index in [1.54, 1.807) is 24.4 Å². The Hall–Kier alpha value is -3.88. The number of nitrogens with one attached hydrogen (secondary N) is 2. The summed E-state index contributed by atoms with van der Waals surface area (Å²) in [6.45, 7) is 6.89. The molecule has 1 aliphatic heterocycles. The van der Waals surface area contributed by atoms with Gasteiger partial charge in [-0.25, -0.2) is 19.9 Å². The molecule has 34 heavy (non-hydrogen) atoms. The molecule has 4 heterocycles. The maximum atomic E-state index is 13.0. The van der Waals surface area contributed by atoms with E-state index in [1.165, 1.54) is 0 Å². The Morgan fingerprint density at radius 1 is 1.06 bits per heavy atom. The van der Waals surface area contributed by atoms with Crippen molar-refractivity contribution < 1.29 is 9.59 Å². The Bertz CT molecular complexity index is 1160. The third kappa shape index (κ3) is 5.72. The van der Waals surface area contributed by atoms with E-state index in [0.717, 1.165) is 35.5 Å². The molecule has 2 N–H and O–H groups in total. The van der Waals surface area contributed by atoms with Crippen molar-refractivity contribution in [1.29, 1.82) is 0 Å². The van der Waals surface area contributed by atoms with E-state index in [2.05, 4.69) is 30.6 Å². The van der Waals surface area contributed by atoms with E-state index in [1.807, 2.05) is 43.9 Å². The van der Waals surface area contributed by atoms with Crippen LogP contribution >= 0.6 is 0 Å². The number of anilines is 2. The Morgan fingerprint density at radius 3 is 2.59 bits per heavy atom. The zero-order valence-electron chi connectivity index (χ0n) is 19.7. The van der Waals surface area contributed by atoms with Crippen LogP contribution < -0.4 is 10.6 Å².